The van der Waals surface area contributed by atoms with E-state index >= 15 is 0 Å². The molecule has 0 unspecified atom stereocenters. The fourth-order valence-corrected chi connectivity index (χ4v) is 1.87. The third kappa shape index (κ3) is 4.28. The Balaban J connectivity index is 2.02. The molecule has 0 fully saturated rings. The number of anilines is 2. The van der Waals surface area contributed by atoms with Gasteiger partial charge < -0.3 is 15.1 Å². The molecule has 0 aliphatic carbocycles. The molecule has 0 atom stereocenters. The minimum Gasteiger partial charge on any atom is -0.406 e. The second-order valence-corrected chi connectivity index (χ2v) is 6.21. The van der Waals surface area contributed by atoms with Gasteiger partial charge in [-0.3, -0.25) is 0 Å². The second kappa shape index (κ2) is 5.88. The number of nitrogens with zero attached hydrogens (tertiary/aromatic N) is 2. The van der Waals surface area contributed by atoms with E-state index in [1.807, 2.05) is 0 Å². The van der Waals surface area contributed by atoms with Gasteiger partial charge in [0.05, 0.1) is 12.2 Å². The van der Waals surface area contributed by atoms with Gasteiger partial charge in [-0.1, -0.05) is 5.10 Å². The highest BCUT2D eigenvalue weighted by atomic mass is 79.9. The largest absolute Gasteiger partial charge is 0.406 e. The van der Waals surface area contributed by atoms with Crippen molar-refractivity contribution in [2.24, 2.45) is 0 Å². The fourth-order valence-electron chi connectivity index (χ4n) is 1.42. The maximum absolute atomic E-state index is 13.0. The first kappa shape index (κ1) is 14.9. The van der Waals surface area contributed by atoms with Crippen molar-refractivity contribution in [3.8, 4) is 0 Å². The van der Waals surface area contributed by atoms with Crippen LogP contribution in [0.15, 0.2) is 27.1 Å². The third-order valence-electron chi connectivity index (χ3n) is 2.41. The molecule has 2 aromatic rings. The summed E-state index contributed by atoms with van der Waals surface area (Å²) in [7, 11) is 0. The maximum atomic E-state index is 13.0. The van der Waals surface area contributed by atoms with Crippen molar-refractivity contribution < 1.29 is 8.81 Å². The number of nitrogens with one attached hydrogen (secondary N) is 2. The van der Waals surface area contributed by atoms with E-state index in [1.54, 1.807) is 6.07 Å². The summed E-state index contributed by atoms with van der Waals surface area (Å²) in [6, 6.07) is 4.58. The summed E-state index contributed by atoms with van der Waals surface area (Å²) in [4.78, 5) is 0. The van der Waals surface area contributed by atoms with E-state index in [4.69, 9.17) is 4.42 Å². The number of hydrogen-bond acceptors (Lipinski definition) is 5. The van der Waals surface area contributed by atoms with Gasteiger partial charge in [0.1, 0.15) is 5.82 Å². The first-order chi connectivity index (χ1) is 9.33. The molecule has 2 N–H and O–H groups in total. The van der Waals surface area contributed by atoms with Crippen LogP contribution in [0.2, 0.25) is 0 Å². The number of aromatic nitrogens is 2. The van der Waals surface area contributed by atoms with Crippen LogP contribution in [0.1, 0.15) is 26.7 Å². The van der Waals surface area contributed by atoms with Crippen LogP contribution in [-0.4, -0.2) is 15.7 Å². The van der Waals surface area contributed by atoms with Crippen LogP contribution >= 0.6 is 15.9 Å². The molecule has 0 aliphatic rings. The number of halogens is 2. The lowest BCUT2D eigenvalue weighted by atomic mass is 10.1. The van der Waals surface area contributed by atoms with Gasteiger partial charge in [-0.25, -0.2) is 4.39 Å². The molecule has 1 heterocycles. The minimum atomic E-state index is -0.317. The van der Waals surface area contributed by atoms with Crippen molar-refractivity contribution in [1.29, 1.82) is 0 Å². The molecule has 0 aliphatic heterocycles. The molecule has 108 valence electrons. The highest BCUT2D eigenvalue weighted by molar-refractivity contribution is 9.10. The van der Waals surface area contributed by atoms with Crippen molar-refractivity contribution in [2.45, 2.75) is 32.9 Å². The van der Waals surface area contributed by atoms with Crippen LogP contribution in [0.5, 0.6) is 0 Å². The fraction of sp³-hybridized carbons (Fsp3) is 0.385. The zero-order chi connectivity index (χ0) is 14.8. The molecular formula is C13H16BrFN4O. The normalized spacial score (nSPS) is 11.7. The van der Waals surface area contributed by atoms with E-state index in [9.17, 15) is 4.39 Å². The highest BCUT2D eigenvalue weighted by Crippen LogP contribution is 2.25. The summed E-state index contributed by atoms with van der Waals surface area (Å²) < 4.78 is 19.0. The molecule has 1 aromatic carbocycles. The van der Waals surface area contributed by atoms with Crippen LogP contribution < -0.4 is 10.6 Å². The average Bonchev–Trinajstić information content (AvgIpc) is 2.77. The Labute approximate surface area is 125 Å². The highest BCUT2D eigenvalue weighted by Gasteiger charge is 2.12. The standard InChI is InChI=1S/C13H16BrFN4O/c1-13(2,3)16-7-11-18-19-12(20-11)17-10-5-4-8(15)6-9(10)14/h4-6,16H,7H2,1-3H3,(H,17,19). The SMILES string of the molecule is CC(C)(C)NCc1nnc(Nc2ccc(F)cc2Br)o1. The number of rotatable bonds is 4. The zero-order valence-corrected chi connectivity index (χ0v) is 13.1. The monoisotopic (exact) mass is 342 g/mol. The van der Waals surface area contributed by atoms with Crippen LogP contribution in [0, 0.1) is 5.82 Å². The van der Waals surface area contributed by atoms with Crippen molar-refractivity contribution in [3.63, 3.8) is 0 Å². The number of hydrogen-bond donors (Lipinski definition) is 2. The van der Waals surface area contributed by atoms with E-state index in [0.717, 1.165) is 0 Å². The smallest absolute Gasteiger partial charge is 0.320 e. The van der Waals surface area contributed by atoms with E-state index < -0.39 is 0 Å². The van der Waals surface area contributed by atoms with Gasteiger partial charge >= 0.3 is 6.01 Å². The van der Waals surface area contributed by atoms with Gasteiger partial charge in [0.15, 0.2) is 0 Å². The molecule has 1 aromatic heterocycles. The summed E-state index contributed by atoms with van der Waals surface area (Å²) in [5, 5.41) is 14.0. The second-order valence-electron chi connectivity index (χ2n) is 5.35. The molecular weight excluding hydrogens is 327 g/mol. The molecule has 0 saturated heterocycles. The molecule has 20 heavy (non-hydrogen) atoms. The molecule has 0 bridgehead atoms. The summed E-state index contributed by atoms with van der Waals surface area (Å²) in [6.45, 7) is 6.65. The van der Waals surface area contributed by atoms with E-state index in [-0.39, 0.29) is 17.4 Å². The lowest BCUT2D eigenvalue weighted by molar-refractivity contribution is 0.384. The Morgan fingerprint density at radius 1 is 1.30 bits per heavy atom. The van der Waals surface area contributed by atoms with Crippen LogP contribution in [0.4, 0.5) is 16.1 Å². The molecule has 0 saturated carbocycles. The predicted molar refractivity (Wildman–Crippen MR) is 78.3 cm³/mol. The van der Waals surface area contributed by atoms with E-state index in [0.29, 0.717) is 22.6 Å². The van der Waals surface area contributed by atoms with Crippen LogP contribution in [0.25, 0.3) is 0 Å². The van der Waals surface area contributed by atoms with Crippen molar-refractivity contribution in [2.75, 3.05) is 5.32 Å². The van der Waals surface area contributed by atoms with Gasteiger partial charge in [-0.15, -0.1) is 5.10 Å². The third-order valence-corrected chi connectivity index (χ3v) is 3.07. The lowest BCUT2D eigenvalue weighted by Crippen LogP contribution is -2.35. The summed E-state index contributed by atoms with van der Waals surface area (Å²) in [5.41, 5.74) is 0.632. The summed E-state index contributed by atoms with van der Waals surface area (Å²) in [6.07, 6.45) is 0. The quantitative estimate of drug-likeness (QED) is 0.888. The van der Waals surface area contributed by atoms with Crippen LogP contribution in [-0.2, 0) is 6.54 Å². The van der Waals surface area contributed by atoms with Crippen molar-refractivity contribution in [1.82, 2.24) is 15.5 Å². The minimum absolute atomic E-state index is 0.0257. The lowest BCUT2D eigenvalue weighted by Gasteiger charge is -2.18. The van der Waals surface area contributed by atoms with Gasteiger partial charge in [-0.05, 0) is 54.9 Å². The Hall–Kier alpha value is -1.47. The molecule has 0 radical (unpaired) electrons. The van der Waals surface area contributed by atoms with Crippen molar-refractivity contribution in [3.05, 3.63) is 34.4 Å². The van der Waals surface area contributed by atoms with Gasteiger partial charge in [0.25, 0.3) is 0 Å². The zero-order valence-electron chi connectivity index (χ0n) is 11.5. The first-order valence-electron chi connectivity index (χ1n) is 6.13. The Kier molecular flexibility index (Phi) is 4.39. The molecule has 2 rings (SSSR count). The van der Waals surface area contributed by atoms with Crippen LogP contribution in [0.3, 0.4) is 0 Å². The van der Waals surface area contributed by atoms with E-state index in [2.05, 4.69) is 57.5 Å². The first-order valence-corrected chi connectivity index (χ1v) is 6.92. The predicted octanol–water partition coefficient (Wildman–Crippen LogP) is 3.60. The molecule has 0 amide bonds. The molecule has 0 spiro atoms. The Morgan fingerprint density at radius 3 is 2.70 bits per heavy atom. The Morgan fingerprint density at radius 2 is 2.05 bits per heavy atom. The molecule has 7 heteroatoms. The van der Waals surface area contributed by atoms with Gasteiger partial charge in [0.2, 0.25) is 5.89 Å². The van der Waals surface area contributed by atoms with Gasteiger partial charge in [-0.2, -0.15) is 0 Å². The summed E-state index contributed by atoms with van der Waals surface area (Å²) >= 11 is 3.26. The maximum Gasteiger partial charge on any atom is 0.320 e. The molecule has 5 nitrogen and oxygen atoms in total. The Bertz CT molecular complexity index is 594. The topological polar surface area (TPSA) is 63.0 Å². The average molecular weight is 343 g/mol. The number of benzene rings is 1. The van der Waals surface area contributed by atoms with Gasteiger partial charge in [0, 0.05) is 10.0 Å². The van der Waals surface area contributed by atoms with E-state index in [1.165, 1.54) is 12.1 Å². The van der Waals surface area contributed by atoms with Crippen molar-refractivity contribution >= 4 is 27.6 Å². The summed E-state index contributed by atoms with van der Waals surface area (Å²) in [5.74, 6) is 0.170.